The van der Waals surface area contributed by atoms with Gasteiger partial charge in [-0.25, -0.2) is 4.39 Å². The molecule has 3 nitrogen and oxygen atoms in total. The number of hydrogen-bond acceptors (Lipinski definition) is 3. The summed E-state index contributed by atoms with van der Waals surface area (Å²) in [5.74, 6) is -0.134. The summed E-state index contributed by atoms with van der Waals surface area (Å²) in [6, 6.07) is 10.6. The summed E-state index contributed by atoms with van der Waals surface area (Å²) >= 11 is 0. The van der Waals surface area contributed by atoms with Crippen LogP contribution in [-0.2, 0) is 6.61 Å². The summed E-state index contributed by atoms with van der Waals surface area (Å²) in [5.41, 5.74) is -1.48. The van der Waals surface area contributed by atoms with Gasteiger partial charge in [-0.1, -0.05) is 29.4 Å². The lowest BCUT2D eigenvalue weighted by Gasteiger charge is -2.14. The van der Waals surface area contributed by atoms with E-state index in [0.29, 0.717) is 5.75 Å². The van der Waals surface area contributed by atoms with E-state index in [2.05, 4.69) is 5.16 Å². The van der Waals surface area contributed by atoms with Gasteiger partial charge in [0.05, 0.1) is 0 Å². The van der Waals surface area contributed by atoms with Gasteiger partial charge in [-0.05, 0) is 29.8 Å². The van der Waals surface area contributed by atoms with Crippen molar-refractivity contribution in [3.05, 3.63) is 65.5 Å². The van der Waals surface area contributed by atoms with Crippen molar-refractivity contribution in [3.63, 3.8) is 0 Å². The summed E-state index contributed by atoms with van der Waals surface area (Å²) in [6.07, 6.45) is -4.79. The first-order valence-electron chi connectivity index (χ1n) is 6.17. The van der Waals surface area contributed by atoms with Crippen molar-refractivity contribution in [1.29, 1.82) is 0 Å². The molecule has 0 aromatic heterocycles. The Kier molecular flexibility index (Phi) is 4.65. The van der Waals surface area contributed by atoms with E-state index in [9.17, 15) is 17.6 Å². The summed E-state index contributed by atoms with van der Waals surface area (Å²) in [7, 11) is 0. The zero-order valence-corrected chi connectivity index (χ0v) is 11.1. The Hall–Kier alpha value is -2.57. The molecule has 1 N–H and O–H groups in total. The smallest absolute Gasteiger partial charge is 0.437 e. The van der Waals surface area contributed by atoms with Gasteiger partial charge in [0.2, 0.25) is 0 Å². The second kappa shape index (κ2) is 6.46. The van der Waals surface area contributed by atoms with Crippen LogP contribution in [0.2, 0.25) is 0 Å². The third kappa shape index (κ3) is 3.75. The monoisotopic (exact) mass is 313 g/mol. The van der Waals surface area contributed by atoms with Crippen LogP contribution in [-0.4, -0.2) is 17.1 Å². The first-order valence-corrected chi connectivity index (χ1v) is 6.17. The molecule has 2 rings (SSSR count). The fraction of sp³-hybridized carbons (Fsp3) is 0.133. The van der Waals surface area contributed by atoms with Crippen LogP contribution in [0.5, 0.6) is 5.75 Å². The zero-order valence-electron chi connectivity index (χ0n) is 11.1. The molecule has 7 heteroatoms. The fourth-order valence-corrected chi connectivity index (χ4v) is 1.83. The van der Waals surface area contributed by atoms with Crippen molar-refractivity contribution in [2.24, 2.45) is 5.16 Å². The van der Waals surface area contributed by atoms with Crippen molar-refractivity contribution >= 4 is 5.71 Å². The third-order valence-electron chi connectivity index (χ3n) is 2.85. The van der Waals surface area contributed by atoms with Crippen LogP contribution in [0, 0.1) is 5.82 Å². The van der Waals surface area contributed by atoms with Crippen molar-refractivity contribution in [2.75, 3.05) is 0 Å². The Bertz CT molecular complexity index is 666. The minimum absolute atomic E-state index is 0.184. The Labute approximate surface area is 123 Å². The molecule has 22 heavy (non-hydrogen) atoms. The molecule has 0 aliphatic rings. The normalized spacial score (nSPS) is 12.3. The van der Waals surface area contributed by atoms with Gasteiger partial charge in [-0.3, -0.25) is 0 Å². The van der Waals surface area contributed by atoms with E-state index in [-0.39, 0.29) is 17.7 Å². The molecule has 0 bridgehead atoms. The van der Waals surface area contributed by atoms with Crippen LogP contribution >= 0.6 is 0 Å². The Morgan fingerprint density at radius 2 is 1.68 bits per heavy atom. The van der Waals surface area contributed by atoms with E-state index in [1.807, 2.05) is 0 Å². The van der Waals surface area contributed by atoms with Gasteiger partial charge < -0.3 is 9.94 Å². The lowest BCUT2D eigenvalue weighted by Crippen LogP contribution is -2.25. The molecule has 0 spiro atoms. The number of alkyl halides is 3. The highest BCUT2D eigenvalue weighted by atomic mass is 19.4. The van der Waals surface area contributed by atoms with Crippen LogP contribution in [0.25, 0.3) is 0 Å². The molecule has 0 saturated carbocycles. The number of hydrogen-bond donors (Lipinski definition) is 1. The predicted octanol–water partition coefficient (Wildman–Crippen LogP) is 4.15. The lowest BCUT2D eigenvalue weighted by atomic mass is 10.0. The van der Waals surface area contributed by atoms with Crippen LogP contribution in [0.4, 0.5) is 17.6 Å². The van der Waals surface area contributed by atoms with Crippen LogP contribution < -0.4 is 4.74 Å². The quantitative estimate of drug-likeness (QED) is 0.399. The molecule has 0 radical (unpaired) electrons. The number of oxime groups is 1. The topological polar surface area (TPSA) is 41.8 Å². The van der Waals surface area contributed by atoms with Gasteiger partial charge >= 0.3 is 6.18 Å². The highest BCUT2D eigenvalue weighted by Gasteiger charge is 2.38. The van der Waals surface area contributed by atoms with Crippen molar-refractivity contribution < 1.29 is 27.5 Å². The molecule has 0 amide bonds. The van der Waals surface area contributed by atoms with Crippen LogP contribution in [0.1, 0.15) is 11.1 Å². The molecule has 0 aliphatic heterocycles. The molecule has 0 saturated heterocycles. The predicted molar refractivity (Wildman–Crippen MR) is 71.6 cm³/mol. The average Bonchev–Trinajstić information content (AvgIpc) is 2.47. The Morgan fingerprint density at radius 1 is 1.05 bits per heavy atom. The maximum absolute atomic E-state index is 12.8. The van der Waals surface area contributed by atoms with Crippen molar-refractivity contribution in [3.8, 4) is 5.75 Å². The Balaban J connectivity index is 2.23. The SMILES string of the molecule is O/N=C(/c1ccccc1COc1ccc(F)cc1)C(F)(F)F. The second-order valence-electron chi connectivity index (χ2n) is 4.35. The highest BCUT2D eigenvalue weighted by Crippen LogP contribution is 2.25. The lowest BCUT2D eigenvalue weighted by molar-refractivity contribution is -0.0601. The third-order valence-corrected chi connectivity index (χ3v) is 2.85. The molecule has 0 aliphatic carbocycles. The molecule has 0 unspecified atom stereocenters. The summed E-state index contributed by atoms with van der Waals surface area (Å²) in [4.78, 5) is 0. The number of benzene rings is 2. The maximum Gasteiger partial charge on any atom is 0.437 e. The average molecular weight is 313 g/mol. The molecule has 0 atom stereocenters. The molecular weight excluding hydrogens is 302 g/mol. The van der Waals surface area contributed by atoms with Gasteiger partial charge in [0.15, 0.2) is 5.71 Å². The van der Waals surface area contributed by atoms with Gasteiger partial charge in [-0.15, -0.1) is 0 Å². The molecule has 2 aromatic rings. The molecule has 0 fully saturated rings. The van der Waals surface area contributed by atoms with E-state index in [0.717, 1.165) is 0 Å². The van der Waals surface area contributed by atoms with Crippen molar-refractivity contribution in [2.45, 2.75) is 12.8 Å². The molecule has 116 valence electrons. The van der Waals surface area contributed by atoms with E-state index in [1.165, 1.54) is 48.5 Å². The largest absolute Gasteiger partial charge is 0.489 e. The zero-order chi connectivity index (χ0) is 16.2. The first-order chi connectivity index (χ1) is 10.4. The van der Waals surface area contributed by atoms with Crippen LogP contribution in [0.3, 0.4) is 0 Å². The first kappa shape index (κ1) is 15.8. The van der Waals surface area contributed by atoms with Crippen molar-refractivity contribution in [1.82, 2.24) is 0 Å². The van der Waals surface area contributed by atoms with E-state index in [1.54, 1.807) is 0 Å². The highest BCUT2D eigenvalue weighted by molar-refractivity contribution is 6.05. The Morgan fingerprint density at radius 3 is 2.27 bits per heavy atom. The van der Waals surface area contributed by atoms with E-state index < -0.39 is 17.7 Å². The minimum atomic E-state index is -4.79. The number of halogens is 4. The summed E-state index contributed by atoms with van der Waals surface area (Å²) in [6.45, 7) is -0.184. The minimum Gasteiger partial charge on any atom is -0.489 e. The molecule has 0 heterocycles. The summed E-state index contributed by atoms with van der Waals surface area (Å²) < 4.78 is 56.6. The van der Waals surface area contributed by atoms with Gasteiger partial charge in [0.1, 0.15) is 18.2 Å². The van der Waals surface area contributed by atoms with E-state index >= 15 is 0 Å². The maximum atomic E-state index is 12.8. The number of nitrogens with zero attached hydrogens (tertiary/aromatic N) is 1. The van der Waals surface area contributed by atoms with Gasteiger partial charge in [0.25, 0.3) is 0 Å². The number of ether oxygens (including phenoxy) is 1. The molecular formula is C15H11F4NO2. The van der Waals surface area contributed by atoms with Gasteiger partial charge in [-0.2, -0.15) is 13.2 Å². The van der Waals surface area contributed by atoms with E-state index in [4.69, 9.17) is 9.94 Å². The fourth-order valence-electron chi connectivity index (χ4n) is 1.83. The van der Waals surface area contributed by atoms with Gasteiger partial charge in [0, 0.05) is 5.56 Å². The summed E-state index contributed by atoms with van der Waals surface area (Å²) in [5, 5.41) is 11.0. The number of rotatable bonds is 4. The van der Waals surface area contributed by atoms with Crippen LogP contribution in [0.15, 0.2) is 53.7 Å². The standard InChI is InChI=1S/C15H11F4NO2/c16-11-5-7-12(8-6-11)22-9-10-3-1-2-4-13(10)14(20-21)15(17,18)19/h1-8,21H,9H2/b20-14-. The molecule has 2 aromatic carbocycles. The second-order valence-corrected chi connectivity index (χ2v) is 4.35.